The van der Waals surface area contributed by atoms with Crippen molar-refractivity contribution in [2.75, 3.05) is 10.0 Å². The molecule has 0 spiro atoms. The number of carboxylic acids is 1. The van der Waals surface area contributed by atoms with E-state index in [4.69, 9.17) is 5.11 Å². The minimum Gasteiger partial charge on any atom is -0.478 e. The monoisotopic (exact) mass is 536 g/mol. The van der Waals surface area contributed by atoms with Crippen molar-refractivity contribution in [2.24, 2.45) is 0 Å². The molecule has 3 aromatic carbocycles. The van der Waals surface area contributed by atoms with Crippen molar-refractivity contribution in [3.8, 4) is 0 Å². The Balaban J connectivity index is 1.87. The highest BCUT2D eigenvalue weighted by Gasteiger charge is 2.19. The largest absolute Gasteiger partial charge is 0.478 e. The number of hydrogen-bond donors (Lipinski definition) is 3. The molecule has 0 fully saturated rings. The molecule has 0 atom stereocenters. The Labute approximate surface area is 187 Å². The predicted molar refractivity (Wildman–Crippen MR) is 123 cm³/mol. The average Bonchev–Trinajstić information content (AvgIpc) is 2.70. The molecule has 3 N–H and O–H groups in total. The number of aromatic carboxylic acids is 1. The van der Waals surface area contributed by atoms with Crippen molar-refractivity contribution in [3.05, 3.63) is 87.0 Å². The molecule has 30 heavy (non-hydrogen) atoms. The van der Waals surface area contributed by atoms with Crippen LogP contribution in [-0.4, -0.2) is 25.4 Å². The van der Waals surface area contributed by atoms with Gasteiger partial charge in [0.25, 0.3) is 15.9 Å². The Hall–Kier alpha value is -2.92. The number of rotatable bonds is 6. The Kier molecular flexibility index (Phi) is 6.42. The third-order valence-electron chi connectivity index (χ3n) is 4.20. The lowest BCUT2D eigenvalue weighted by atomic mass is 10.1. The van der Waals surface area contributed by atoms with Gasteiger partial charge in [-0.25, -0.2) is 13.2 Å². The van der Waals surface area contributed by atoms with E-state index in [1.54, 1.807) is 43.3 Å². The second-order valence-corrected chi connectivity index (χ2v) is 9.33. The standard InChI is InChI=1S/C21H17IN2O5S/c1-13-5-6-14(20(25)23-18-4-2-3-15(11-18)21(26)27)12-19(13)30(28,29)24-17-9-7-16(22)8-10-17/h2-12,24H,1H3,(H,23,25)(H,26,27). The van der Waals surface area contributed by atoms with E-state index >= 15 is 0 Å². The number of halogens is 1. The number of nitrogens with one attached hydrogen (secondary N) is 2. The lowest BCUT2D eigenvalue weighted by Gasteiger charge is -2.12. The molecule has 0 saturated carbocycles. The summed E-state index contributed by atoms with van der Waals surface area (Å²) in [6, 6.07) is 17.0. The molecule has 0 saturated heterocycles. The van der Waals surface area contributed by atoms with E-state index in [1.165, 1.54) is 30.3 Å². The van der Waals surface area contributed by atoms with E-state index in [0.29, 0.717) is 16.9 Å². The van der Waals surface area contributed by atoms with Crippen LogP contribution in [0.3, 0.4) is 0 Å². The SMILES string of the molecule is Cc1ccc(C(=O)Nc2cccc(C(=O)O)c2)cc1S(=O)(=O)Nc1ccc(I)cc1. The first-order valence-electron chi connectivity index (χ1n) is 8.69. The molecule has 9 heteroatoms. The molecule has 7 nitrogen and oxygen atoms in total. The number of carboxylic acid groups (broad SMARTS) is 1. The summed E-state index contributed by atoms with van der Waals surface area (Å²) in [5.41, 5.74) is 1.35. The first-order chi connectivity index (χ1) is 14.2. The second kappa shape index (κ2) is 8.84. The van der Waals surface area contributed by atoms with Crippen LogP contribution < -0.4 is 10.0 Å². The van der Waals surface area contributed by atoms with Gasteiger partial charge in [-0.2, -0.15) is 0 Å². The van der Waals surface area contributed by atoms with Crippen LogP contribution in [0.15, 0.2) is 71.6 Å². The molecule has 154 valence electrons. The van der Waals surface area contributed by atoms with Gasteiger partial charge in [0.05, 0.1) is 10.5 Å². The van der Waals surface area contributed by atoms with Gasteiger partial charge in [-0.3, -0.25) is 9.52 Å². The topological polar surface area (TPSA) is 113 Å². The first-order valence-corrected chi connectivity index (χ1v) is 11.3. The molecular formula is C21H17IN2O5S. The van der Waals surface area contributed by atoms with Crippen LogP contribution in [-0.2, 0) is 10.0 Å². The van der Waals surface area contributed by atoms with Crippen LogP contribution in [0.25, 0.3) is 0 Å². The molecule has 0 aromatic heterocycles. The number of anilines is 2. The Morgan fingerprint density at radius 1 is 0.900 bits per heavy atom. The van der Waals surface area contributed by atoms with Crippen molar-refractivity contribution in [1.29, 1.82) is 0 Å². The van der Waals surface area contributed by atoms with E-state index in [9.17, 15) is 18.0 Å². The molecule has 0 radical (unpaired) electrons. The predicted octanol–water partition coefficient (Wildman–Crippen LogP) is 4.35. The van der Waals surface area contributed by atoms with Gasteiger partial charge in [0.1, 0.15) is 0 Å². The van der Waals surface area contributed by atoms with Crippen LogP contribution in [0.5, 0.6) is 0 Å². The minimum atomic E-state index is -3.91. The highest BCUT2D eigenvalue weighted by molar-refractivity contribution is 14.1. The first kappa shape index (κ1) is 21.8. The molecule has 3 rings (SSSR count). The summed E-state index contributed by atoms with van der Waals surface area (Å²) in [6.45, 7) is 1.64. The molecule has 0 bridgehead atoms. The summed E-state index contributed by atoms with van der Waals surface area (Å²) in [4.78, 5) is 23.7. The Bertz CT molecular complexity index is 1220. The summed E-state index contributed by atoms with van der Waals surface area (Å²) in [7, 11) is -3.91. The highest BCUT2D eigenvalue weighted by atomic mass is 127. The van der Waals surface area contributed by atoms with Gasteiger partial charge in [0.2, 0.25) is 0 Å². The van der Waals surface area contributed by atoms with Crippen LogP contribution >= 0.6 is 22.6 Å². The van der Waals surface area contributed by atoms with Crippen molar-refractivity contribution >= 4 is 55.9 Å². The van der Waals surface area contributed by atoms with Gasteiger partial charge in [-0.15, -0.1) is 0 Å². The lowest BCUT2D eigenvalue weighted by molar-refractivity contribution is 0.0696. The maximum Gasteiger partial charge on any atom is 0.335 e. The number of hydrogen-bond acceptors (Lipinski definition) is 4. The van der Waals surface area contributed by atoms with E-state index in [2.05, 4.69) is 32.6 Å². The molecule has 1 amide bonds. The van der Waals surface area contributed by atoms with Crippen LogP contribution in [0.1, 0.15) is 26.3 Å². The van der Waals surface area contributed by atoms with Crippen molar-refractivity contribution in [2.45, 2.75) is 11.8 Å². The van der Waals surface area contributed by atoms with Gasteiger partial charge in [-0.05, 0) is 89.7 Å². The molecule has 0 aliphatic rings. The summed E-state index contributed by atoms with van der Waals surface area (Å²) in [5, 5.41) is 11.7. The number of carbonyl (C=O) groups excluding carboxylic acids is 1. The van der Waals surface area contributed by atoms with Crippen LogP contribution in [0.2, 0.25) is 0 Å². The fourth-order valence-corrected chi connectivity index (χ4v) is 4.38. The lowest BCUT2D eigenvalue weighted by Crippen LogP contribution is -2.17. The zero-order valence-corrected chi connectivity index (χ0v) is 18.7. The number of aryl methyl sites for hydroxylation is 1. The number of carbonyl (C=O) groups is 2. The number of benzene rings is 3. The van der Waals surface area contributed by atoms with Gasteiger partial charge >= 0.3 is 5.97 Å². The second-order valence-electron chi connectivity index (χ2n) is 6.43. The molecule has 0 aliphatic carbocycles. The average molecular weight is 536 g/mol. The fraction of sp³-hybridized carbons (Fsp3) is 0.0476. The summed E-state index contributed by atoms with van der Waals surface area (Å²) in [5.74, 6) is -1.67. The van der Waals surface area contributed by atoms with Crippen molar-refractivity contribution < 1.29 is 23.1 Å². The summed E-state index contributed by atoms with van der Waals surface area (Å²) >= 11 is 2.12. The van der Waals surface area contributed by atoms with Crippen LogP contribution in [0, 0.1) is 10.5 Å². The van der Waals surface area contributed by atoms with Crippen LogP contribution in [0.4, 0.5) is 11.4 Å². The molecule has 0 heterocycles. The number of sulfonamides is 1. The molecular weight excluding hydrogens is 519 g/mol. The van der Waals surface area contributed by atoms with E-state index in [-0.39, 0.29) is 16.0 Å². The normalized spacial score (nSPS) is 11.0. The molecule has 0 unspecified atom stereocenters. The maximum atomic E-state index is 12.9. The van der Waals surface area contributed by atoms with Gasteiger partial charge < -0.3 is 10.4 Å². The Morgan fingerprint density at radius 2 is 1.60 bits per heavy atom. The van der Waals surface area contributed by atoms with E-state index in [1.807, 2.05) is 0 Å². The molecule has 3 aromatic rings. The molecule has 0 aliphatic heterocycles. The highest BCUT2D eigenvalue weighted by Crippen LogP contribution is 2.22. The smallest absolute Gasteiger partial charge is 0.335 e. The zero-order valence-electron chi connectivity index (χ0n) is 15.7. The Morgan fingerprint density at radius 3 is 2.27 bits per heavy atom. The van der Waals surface area contributed by atoms with Gasteiger partial charge in [-0.1, -0.05) is 12.1 Å². The third kappa shape index (κ3) is 5.16. The van der Waals surface area contributed by atoms with Crippen molar-refractivity contribution in [1.82, 2.24) is 0 Å². The van der Waals surface area contributed by atoms with Gasteiger partial charge in [0.15, 0.2) is 0 Å². The maximum absolute atomic E-state index is 12.9. The van der Waals surface area contributed by atoms with E-state index < -0.39 is 21.9 Å². The van der Waals surface area contributed by atoms with E-state index in [0.717, 1.165) is 3.57 Å². The fourth-order valence-electron chi connectivity index (χ4n) is 2.69. The zero-order chi connectivity index (χ0) is 21.9. The third-order valence-corrected chi connectivity index (χ3v) is 6.45. The minimum absolute atomic E-state index is 0.0204. The van der Waals surface area contributed by atoms with Crippen molar-refractivity contribution in [3.63, 3.8) is 0 Å². The summed E-state index contributed by atoms with van der Waals surface area (Å²) < 4.78 is 29.2. The summed E-state index contributed by atoms with van der Waals surface area (Å²) in [6.07, 6.45) is 0. The number of amides is 1. The van der Waals surface area contributed by atoms with Gasteiger partial charge in [0, 0.05) is 20.5 Å². The quantitative estimate of drug-likeness (QED) is 0.406.